The highest BCUT2D eigenvalue weighted by Crippen LogP contribution is 2.43. The summed E-state index contributed by atoms with van der Waals surface area (Å²) in [4.78, 5) is 22.3. The first-order chi connectivity index (χ1) is 24.4. The van der Waals surface area contributed by atoms with Gasteiger partial charge in [0.2, 0.25) is 0 Å². The Hall–Kier alpha value is -0.500. The number of carbonyl (C=O) groups is 1. The Kier molecular flexibility index (Phi) is 39.3. The number of hydrogen-bond acceptors (Lipinski definition) is 7. The lowest BCUT2D eigenvalue weighted by Crippen LogP contribution is -2.28. The molecule has 0 aromatic heterocycles. The van der Waals surface area contributed by atoms with Crippen molar-refractivity contribution in [2.75, 3.05) is 33.0 Å². The van der Waals surface area contributed by atoms with Gasteiger partial charge < -0.3 is 20.1 Å². The molecule has 0 amide bonds. The van der Waals surface area contributed by atoms with Crippen LogP contribution >= 0.6 is 7.82 Å². The molecule has 0 aliphatic carbocycles. The molecular weight excluding hydrogens is 649 g/mol. The molecule has 0 heterocycles. The minimum absolute atomic E-state index is 0.0909. The number of phosphoric ester groups is 1. The second kappa shape index (κ2) is 39.7. The molecule has 0 spiro atoms. The Labute approximate surface area is 310 Å². The van der Waals surface area contributed by atoms with Gasteiger partial charge in [0.1, 0.15) is 6.10 Å². The van der Waals surface area contributed by atoms with Crippen LogP contribution in [0.3, 0.4) is 0 Å². The zero-order chi connectivity index (χ0) is 36.6. The minimum Gasteiger partial charge on any atom is -0.457 e. The summed E-state index contributed by atoms with van der Waals surface area (Å²) < 4.78 is 33.2. The molecule has 0 rings (SSSR count). The predicted molar refractivity (Wildman–Crippen MR) is 211 cm³/mol. The molecule has 0 saturated carbocycles. The summed E-state index contributed by atoms with van der Waals surface area (Å²) in [5.74, 6) is -0.327. The van der Waals surface area contributed by atoms with Crippen LogP contribution in [0.15, 0.2) is 0 Å². The van der Waals surface area contributed by atoms with Crippen molar-refractivity contribution in [3.8, 4) is 0 Å². The van der Waals surface area contributed by atoms with Crippen LogP contribution in [0.1, 0.15) is 219 Å². The van der Waals surface area contributed by atoms with Gasteiger partial charge in [0.25, 0.3) is 0 Å². The molecule has 8 nitrogen and oxygen atoms in total. The number of rotatable bonds is 42. The summed E-state index contributed by atoms with van der Waals surface area (Å²) in [6.07, 6.45) is 40.1. The number of carbonyl (C=O) groups excluding carboxylic acids is 1. The summed E-state index contributed by atoms with van der Waals surface area (Å²) in [6, 6.07) is 0. The third-order valence-electron chi connectivity index (χ3n) is 9.52. The van der Waals surface area contributed by atoms with E-state index in [0.717, 1.165) is 32.1 Å². The largest absolute Gasteiger partial charge is 0.472 e. The number of unbranched alkanes of at least 4 members (excludes halogenated alkanes) is 29. The maximum absolute atomic E-state index is 12.5. The zero-order valence-electron chi connectivity index (χ0n) is 33.2. The average Bonchev–Trinajstić information content (AvgIpc) is 3.10. The second-order valence-electron chi connectivity index (χ2n) is 14.6. The van der Waals surface area contributed by atoms with Gasteiger partial charge in [-0.1, -0.05) is 200 Å². The third kappa shape index (κ3) is 38.7. The highest BCUT2D eigenvalue weighted by molar-refractivity contribution is 7.47. The number of phosphoric acid groups is 1. The van der Waals surface area contributed by atoms with Crippen LogP contribution in [0, 0.1) is 0 Å². The molecule has 0 radical (unpaired) electrons. The van der Waals surface area contributed by atoms with Gasteiger partial charge in [0.15, 0.2) is 0 Å². The van der Waals surface area contributed by atoms with Gasteiger partial charge >= 0.3 is 13.8 Å². The van der Waals surface area contributed by atoms with Crippen LogP contribution in [0.25, 0.3) is 0 Å². The molecule has 0 saturated heterocycles. The molecule has 0 bridgehead atoms. The van der Waals surface area contributed by atoms with Gasteiger partial charge in [-0.3, -0.25) is 13.8 Å². The van der Waals surface area contributed by atoms with E-state index in [0.29, 0.717) is 13.0 Å². The molecule has 0 aromatic carbocycles. The van der Waals surface area contributed by atoms with E-state index in [-0.39, 0.29) is 32.3 Å². The van der Waals surface area contributed by atoms with E-state index in [4.69, 9.17) is 24.3 Å². The normalized spacial score (nSPS) is 13.4. The highest BCUT2D eigenvalue weighted by Gasteiger charge is 2.25. The highest BCUT2D eigenvalue weighted by atomic mass is 31.2. The lowest BCUT2D eigenvalue weighted by atomic mass is 10.0. The lowest BCUT2D eigenvalue weighted by molar-refractivity contribution is -0.154. The number of nitrogens with two attached hydrogens (primary N) is 1. The van der Waals surface area contributed by atoms with E-state index in [1.165, 1.54) is 167 Å². The molecule has 3 N–H and O–H groups in total. The molecule has 0 aromatic rings. The van der Waals surface area contributed by atoms with Crippen molar-refractivity contribution in [3.63, 3.8) is 0 Å². The Bertz CT molecular complexity index is 742. The van der Waals surface area contributed by atoms with Gasteiger partial charge in [-0.2, -0.15) is 0 Å². The van der Waals surface area contributed by atoms with Crippen molar-refractivity contribution in [1.29, 1.82) is 0 Å². The van der Waals surface area contributed by atoms with Crippen LogP contribution in [-0.2, 0) is 27.9 Å². The van der Waals surface area contributed by atoms with Gasteiger partial charge in [-0.25, -0.2) is 4.57 Å². The summed E-state index contributed by atoms with van der Waals surface area (Å²) in [5.41, 5.74) is 5.34. The van der Waals surface area contributed by atoms with E-state index in [1.54, 1.807) is 0 Å². The van der Waals surface area contributed by atoms with Crippen molar-refractivity contribution < 1.29 is 32.8 Å². The number of ether oxygens (including phenoxy) is 2. The van der Waals surface area contributed by atoms with E-state index in [2.05, 4.69) is 13.8 Å². The maximum atomic E-state index is 12.5. The molecule has 0 fully saturated rings. The fraction of sp³-hybridized carbons (Fsp3) is 0.976. The quantitative estimate of drug-likeness (QED) is 0.0362. The summed E-state index contributed by atoms with van der Waals surface area (Å²) in [7, 11) is -4.26. The van der Waals surface area contributed by atoms with E-state index < -0.39 is 13.9 Å². The predicted octanol–water partition coefficient (Wildman–Crippen LogP) is 12.5. The fourth-order valence-electron chi connectivity index (χ4n) is 6.35. The summed E-state index contributed by atoms with van der Waals surface area (Å²) in [5, 5.41) is 0. The monoisotopic (exact) mass is 734 g/mol. The van der Waals surface area contributed by atoms with Gasteiger partial charge in [-0.05, 0) is 12.8 Å². The van der Waals surface area contributed by atoms with Gasteiger partial charge in [0, 0.05) is 19.6 Å². The molecule has 300 valence electrons. The Morgan fingerprint density at radius 1 is 0.520 bits per heavy atom. The van der Waals surface area contributed by atoms with E-state index in [1.807, 2.05) is 0 Å². The van der Waals surface area contributed by atoms with Gasteiger partial charge in [0.05, 0.1) is 19.8 Å². The van der Waals surface area contributed by atoms with E-state index in [9.17, 15) is 14.3 Å². The second-order valence-corrected chi connectivity index (χ2v) is 16.0. The van der Waals surface area contributed by atoms with Crippen LogP contribution in [0.5, 0.6) is 0 Å². The first-order valence-corrected chi connectivity index (χ1v) is 23.0. The molecular formula is C41H84NO7P. The number of hydrogen-bond donors (Lipinski definition) is 2. The molecule has 50 heavy (non-hydrogen) atoms. The van der Waals surface area contributed by atoms with Crippen LogP contribution in [0.2, 0.25) is 0 Å². The summed E-state index contributed by atoms with van der Waals surface area (Å²) >= 11 is 0. The molecule has 2 unspecified atom stereocenters. The zero-order valence-corrected chi connectivity index (χ0v) is 34.1. The minimum atomic E-state index is -4.26. The fourth-order valence-corrected chi connectivity index (χ4v) is 7.12. The van der Waals surface area contributed by atoms with Crippen LogP contribution in [-0.4, -0.2) is 49.9 Å². The average molecular weight is 734 g/mol. The van der Waals surface area contributed by atoms with Crippen molar-refractivity contribution in [3.05, 3.63) is 0 Å². The third-order valence-corrected chi connectivity index (χ3v) is 10.5. The van der Waals surface area contributed by atoms with Crippen molar-refractivity contribution in [2.45, 2.75) is 225 Å². The van der Waals surface area contributed by atoms with Gasteiger partial charge in [-0.15, -0.1) is 0 Å². The van der Waals surface area contributed by atoms with Crippen molar-refractivity contribution in [1.82, 2.24) is 0 Å². The lowest BCUT2D eigenvalue weighted by Gasteiger charge is -2.20. The Morgan fingerprint density at radius 2 is 0.880 bits per heavy atom. The summed E-state index contributed by atoms with van der Waals surface area (Å²) in [6.45, 7) is 4.92. The smallest absolute Gasteiger partial charge is 0.457 e. The van der Waals surface area contributed by atoms with Crippen molar-refractivity contribution >= 4 is 13.8 Å². The van der Waals surface area contributed by atoms with Crippen LogP contribution in [0.4, 0.5) is 0 Å². The molecule has 0 aliphatic rings. The SMILES string of the molecule is CCCCCCCCCCCCCCCCCCCCCCCCCCCC(=O)OC(COCCCCCCCC)COP(=O)(O)OCCN. The standard InChI is InChI=1S/C41H84NO7P/c1-3-5-7-9-11-12-13-14-15-16-17-18-19-20-21-22-23-24-25-26-27-28-29-30-32-34-41(43)49-40(39-48-50(44,45)47-37-35-42)38-46-36-33-31-10-8-6-4-2/h40H,3-39,42H2,1-2H3,(H,44,45). The molecule has 2 atom stereocenters. The van der Waals surface area contributed by atoms with Crippen LogP contribution < -0.4 is 5.73 Å². The Morgan fingerprint density at radius 3 is 1.26 bits per heavy atom. The Balaban J connectivity index is 3.73. The maximum Gasteiger partial charge on any atom is 0.472 e. The number of esters is 1. The van der Waals surface area contributed by atoms with Crippen molar-refractivity contribution in [2.24, 2.45) is 5.73 Å². The topological polar surface area (TPSA) is 117 Å². The first kappa shape index (κ1) is 49.5. The van der Waals surface area contributed by atoms with E-state index >= 15 is 0 Å². The molecule has 9 heteroatoms. The first-order valence-electron chi connectivity index (χ1n) is 21.5. The molecule has 0 aliphatic heterocycles.